The SMILES string of the molecule is C=C/C=C\C(=C/C)C1(O)CCC(C)CC1. The minimum absolute atomic E-state index is 0.596. The summed E-state index contributed by atoms with van der Waals surface area (Å²) in [5, 5.41) is 10.5. The van der Waals surface area contributed by atoms with Crippen LogP contribution in [0.3, 0.4) is 0 Å². The molecule has 0 radical (unpaired) electrons. The van der Waals surface area contributed by atoms with Gasteiger partial charge in [0.25, 0.3) is 0 Å². The van der Waals surface area contributed by atoms with Gasteiger partial charge in [-0.15, -0.1) is 0 Å². The van der Waals surface area contributed by atoms with Crippen molar-refractivity contribution in [1.82, 2.24) is 0 Å². The molecule has 0 saturated heterocycles. The highest BCUT2D eigenvalue weighted by molar-refractivity contribution is 5.30. The van der Waals surface area contributed by atoms with Crippen molar-refractivity contribution in [1.29, 1.82) is 0 Å². The lowest BCUT2D eigenvalue weighted by Crippen LogP contribution is -2.35. The number of hydrogen-bond acceptors (Lipinski definition) is 1. The summed E-state index contributed by atoms with van der Waals surface area (Å²) in [5.41, 5.74) is 0.440. The molecule has 0 aromatic heterocycles. The van der Waals surface area contributed by atoms with Crippen molar-refractivity contribution >= 4 is 0 Å². The Kier molecular flexibility index (Phi) is 4.34. The van der Waals surface area contributed by atoms with Crippen molar-refractivity contribution in [3.63, 3.8) is 0 Å². The highest BCUT2D eigenvalue weighted by Gasteiger charge is 2.33. The van der Waals surface area contributed by atoms with Crippen LogP contribution in [-0.2, 0) is 0 Å². The van der Waals surface area contributed by atoms with Crippen molar-refractivity contribution in [3.05, 3.63) is 36.5 Å². The average molecular weight is 206 g/mol. The predicted octanol–water partition coefficient (Wildman–Crippen LogP) is 3.62. The fraction of sp³-hybridized carbons (Fsp3) is 0.571. The topological polar surface area (TPSA) is 20.2 Å². The fourth-order valence-corrected chi connectivity index (χ4v) is 2.22. The van der Waals surface area contributed by atoms with E-state index in [1.54, 1.807) is 6.08 Å². The van der Waals surface area contributed by atoms with Gasteiger partial charge in [-0.2, -0.15) is 0 Å². The van der Waals surface area contributed by atoms with E-state index in [-0.39, 0.29) is 0 Å². The Hall–Kier alpha value is -0.820. The molecule has 0 amide bonds. The normalized spacial score (nSPS) is 33.3. The van der Waals surface area contributed by atoms with E-state index < -0.39 is 5.60 Å². The Bertz CT molecular complexity index is 265. The van der Waals surface area contributed by atoms with Gasteiger partial charge < -0.3 is 5.11 Å². The maximum atomic E-state index is 10.5. The van der Waals surface area contributed by atoms with Crippen LogP contribution in [0.25, 0.3) is 0 Å². The highest BCUT2D eigenvalue weighted by atomic mass is 16.3. The molecule has 1 heteroatoms. The van der Waals surface area contributed by atoms with E-state index in [2.05, 4.69) is 13.5 Å². The molecular weight excluding hydrogens is 184 g/mol. The van der Waals surface area contributed by atoms with Crippen LogP contribution in [0.4, 0.5) is 0 Å². The minimum Gasteiger partial charge on any atom is -0.385 e. The van der Waals surface area contributed by atoms with Crippen molar-refractivity contribution in [3.8, 4) is 0 Å². The van der Waals surface area contributed by atoms with Crippen LogP contribution in [0, 0.1) is 5.92 Å². The second-order valence-electron chi connectivity index (χ2n) is 4.55. The van der Waals surface area contributed by atoms with Crippen molar-refractivity contribution in [2.45, 2.75) is 45.1 Å². The van der Waals surface area contributed by atoms with Gasteiger partial charge in [0.15, 0.2) is 0 Å². The largest absolute Gasteiger partial charge is 0.385 e. The predicted molar refractivity (Wildman–Crippen MR) is 65.7 cm³/mol. The van der Waals surface area contributed by atoms with Crippen LogP contribution in [0.2, 0.25) is 0 Å². The molecule has 0 aliphatic heterocycles. The average Bonchev–Trinajstić information content (AvgIpc) is 2.24. The van der Waals surface area contributed by atoms with Gasteiger partial charge in [-0.05, 0) is 44.1 Å². The van der Waals surface area contributed by atoms with Gasteiger partial charge in [-0.1, -0.05) is 37.8 Å². The molecular formula is C14H22O. The zero-order chi connectivity index (χ0) is 11.3. The second-order valence-corrected chi connectivity index (χ2v) is 4.55. The molecule has 84 valence electrons. The van der Waals surface area contributed by atoms with Gasteiger partial charge in [0, 0.05) is 0 Å². The Labute approximate surface area is 93.2 Å². The van der Waals surface area contributed by atoms with Gasteiger partial charge in [0.05, 0.1) is 5.60 Å². The maximum Gasteiger partial charge on any atom is 0.0893 e. The summed E-state index contributed by atoms with van der Waals surface area (Å²) in [5.74, 6) is 0.756. The molecule has 0 aromatic rings. The maximum absolute atomic E-state index is 10.5. The van der Waals surface area contributed by atoms with Gasteiger partial charge in [0.2, 0.25) is 0 Å². The summed E-state index contributed by atoms with van der Waals surface area (Å²) in [6.45, 7) is 7.89. The lowest BCUT2D eigenvalue weighted by molar-refractivity contribution is 0.0299. The first-order chi connectivity index (χ1) is 7.12. The van der Waals surface area contributed by atoms with Crippen LogP contribution >= 0.6 is 0 Å². The third-order valence-corrected chi connectivity index (χ3v) is 3.36. The Morgan fingerprint density at radius 3 is 2.47 bits per heavy atom. The Morgan fingerprint density at radius 1 is 1.40 bits per heavy atom. The molecule has 1 fully saturated rings. The molecule has 1 N–H and O–H groups in total. The van der Waals surface area contributed by atoms with Crippen molar-refractivity contribution in [2.24, 2.45) is 5.92 Å². The van der Waals surface area contributed by atoms with E-state index in [4.69, 9.17) is 0 Å². The van der Waals surface area contributed by atoms with E-state index in [9.17, 15) is 5.11 Å². The van der Waals surface area contributed by atoms with E-state index in [1.165, 1.54) is 0 Å². The quantitative estimate of drug-likeness (QED) is 0.699. The fourth-order valence-electron chi connectivity index (χ4n) is 2.22. The summed E-state index contributed by atoms with van der Waals surface area (Å²) in [7, 11) is 0. The molecule has 15 heavy (non-hydrogen) atoms. The summed E-state index contributed by atoms with van der Waals surface area (Å²) in [4.78, 5) is 0. The highest BCUT2D eigenvalue weighted by Crippen LogP contribution is 2.37. The van der Waals surface area contributed by atoms with E-state index in [0.717, 1.165) is 37.2 Å². The smallest absolute Gasteiger partial charge is 0.0893 e. The van der Waals surface area contributed by atoms with Crippen molar-refractivity contribution < 1.29 is 5.11 Å². The molecule has 1 rings (SSSR count). The lowest BCUT2D eigenvalue weighted by atomic mass is 9.75. The first-order valence-corrected chi connectivity index (χ1v) is 5.80. The Morgan fingerprint density at radius 2 is 2.00 bits per heavy atom. The molecule has 1 aliphatic carbocycles. The zero-order valence-corrected chi connectivity index (χ0v) is 9.87. The monoisotopic (exact) mass is 206 g/mol. The lowest BCUT2D eigenvalue weighted by Gasteiger charge is -2.36. The van der Waals surface area contributed by atoms with E-state index >= 15 is 0 Å². The summed E-state index contributed by atoms with van der Waals surface area (Å²) in [6.07, 6.45) is 11.6. The van der Waals surface area contributed by atoms with Crippen LogP contribution < -0.4 is 0 Å². The minimum atomic E-state index is -0.596. The van der Waals surface area contributed by atoms with Crippen LogP contribution in [0.5, 0.6) is 0 Å². The molecule has 0 heterocycles. The summed E-state index contributed by atoms with van der Waals surface area (Å²) in [6, 6.07) is 0. The third kappa shape index (κ3) is 3.07. The van der Waals surface area contributed by atoms with Gasteiger partial charge in [-0.25, -0.2) is 0 Å². The Balaban J connectivity index is 2.75. The molecule has 1 aliphatic rings. The number of hydrogen-bond donors (Lipinski definition) is 1. The first kappa shape index (κ1) is 12.3. The first-order valence-electron chi connectivity index (χ1n) is 5.80. The van der Waals surface area contributed by atoms with Crippen molar-refractivity contribution in [2.75, 3.05) is 0 Å². The number of allylic oxidation sites excluding steroid dienone is 3. The molecule has 0 aromatic carbocycles. The van der Waals surface area contributed by atoms with E-state index in [1.807, 2.05) is 25.2 Å². The summed E-state index contributed by atoms with van der Waals surface area (Å²) < 4.78 is 0. The van der Waals surface area contributed by atoms with Gasteiger partial charge >= 0.3 is 0 Å². The number of rotatable bonds is 3. The summed E-state index contributed by atoms with van der Waals surface area (Å²) >= 11 is 0. The molecule has 1 saturated carbocycles. The van der Waals surface area contributed by atoms with E-state index in [0.29, 0.717) is 0 Å². The molecule has 0 unspecified atom stereocenters. The molecule has 1 nitrogen and oxygen atoms in total. The van der Waals surface area contributed by atoms with Gasteiger partial charge in [0.1, 0.15) is 0 Å². The third-order valence-electron chi connectivity index (χ3n) is 3.36. The van der Waals surface area contributed by atoms with Crippen LogP contribution in [-0.4, -0.2) is 10.7 Å². The number of aliphatic hydroxyl groups is 1. The molecule has 0 spiro atoms. The molecule has 0 atom stereocenters. The van der Waals surface area contributed by atoms with Crippen LogP contribution in [0.1, 0.15) is 39.5 Å². The van der Waals surface area contributed by atoms with Gasteiger partial charge in [-0.3, -0.25) is 0 Å². The van der Waals surface area contributed by atoms with Crippen LogP contribution in [0.15, 0.2) is 36.5 Å². The standard InChI is InChI=1S/C14H22O/c1-4-6-7-13(5-2)14(15)10-8-12(3)9-11-14/h4-7,12,15H,1,8-11H2,2-3H3/b7-6-,13-5+. The molecule has 0 bridgehead atoms. The second kappa shape index (κ2) is 5.32. The zero-order valence-electron chi connectivity index (χ0n) is 9.87.